The van der Waals surface area contributed by atoms with Crippen LogP contribution in [-0.4, -0.2) is 39.9 Å². The number of rotatable bonds is 5. The Kier molecular flexibility index (Phi) is 5.88. The minimum absolute atomic E-state index is 0.213. The third-order valence-corrected chi connectivity index (χ3v) is 8.04. The maximum atomic E-state index is 14.2. The highest BCUT2D eigenvalue weighted by molar-refractivity contribution is 6.25. The monoisotopic (exact) mass is 541 g/mol. The van der Waals surface area contributed by atoms with E-state index in [4.69, 9.17) is 4.74 Å². The molecule has 0 bridgehead atoms. The third-order valence-electron chi connectivity index (χ3n) is 8.04. The Morgan fingerprint density at radius 2 is 1.68 bits per heavy atom. The number of hydrogen-bond acceptors (Lipinski definition) is 8. The summed E-state index contributed by atoms with van der Waals surface area (Å²) in [5, 5.41) is 26.1. The van der Waals surface area contributed by atoms with Crippen LogP contribution in [0.4, 0.5) is 11.4 Å². The molecule has 204 valence electrons. The summed E-state index contributed by atoms with van der Waals surface area (Å²) in [6.07, 6.45) is 0.931. The molecule has 2 fully saturated rings. The van der Waals surface area contributed by atoms with E-state index in [0.717, 1.165) is 16.9 Å². The van der Waals surface area contributed by atoms with Gasteiger partial charge in [0.1, 0.15) is 11.3 Å². The number of amides is 3. The number of aromatic hydroxyl groups is 2. The Balaban J connectivity index is 1.45. The highest BCUT2D eigenvalue weighted by Crippen LogP contribution is 2.54. The first kappa shape index (κ1) is 25.6. The summed E-state index contributed by atoms with van der Waals surface area (Å²) in [5.74, 6) is -4.10. The fourth-order valence-corrected chi connectivity index (χ4v) is 6.28. The summed E-state index contributed by atoms with van der Waals surface area (Å²) < 4.78 is 5.08. The lowest BCUT2D eigenvalue weighted by molar-refractivity contribution is -0.132. The van der Waals surface area contributed by atoms with Gasteiger partial charge in [0.25, 0.3) is 0 Å². The maximum Gasteiger partial charge on any atom is 0.308 e. The number of ether oxygens (including phenoxy) is 1. The zero-order valence-corrected chi connectivity index (χ0v) is 21.8. The molecule has 0 aliphatic carbocycles. The van der Waals surface area contributed by atoms with Crippen molar-refractivity contribution >= 4 is 35.1 Å². The number of benzene rings is 3. The minimum Gasteiger partial charge on any atom is -0.504 e. The SMILES string of the molecule is CCc1ccc2c(c1)C1(NC(Cc3ccc(O)c(O)c3)C3C(=O)N(c4ccc(OC(C)=O)cc4)C(=O)C31)C(=O)N2. The van der Waals surface area contributed by atoms with Crippen molar-refractivity contribution < 1.29 is 34.1 Å². The number of esters is 1. The molecule has 3 heterocycles. The Morgan fingerprint density at radius 1 is 0.950 bits per heavy atom. The number of carbonyl (C=O) groups is 4. The molecule has 3 amide bonds. The van der Waals surface area contributed by atoms with Crippen LogP contribution in [-0.2, 0) is 37.6 Å². The lowest BCUT2D eigenvalue weighted by atomic mass is 9.76. The second-order valence-corrected chi connectivity index (χ2v) is 10.4. The molecule has 0 radical (unpaired) electrons. The molecular weight excluding hydrogens is 514 g/mol. The van der Waals surface area contributed by atoms with Crippen molar-refractivity contribution in [2.45, 2.75) is 38.3 Å². The number of aryl methyl sites for hydroxylation is 1. The molecule has 1 spiro atoms. The molecule has 10 nitrogen and oxygen atoms in total. The molecule has 4 atom stereocenters. The third kappa shape index (κ3) is 3.75. The van der Waals surface area contributed by atoms with Crippen molar-refractivity contribution in [2.24, 2.45) is 11.8 Å². The Morgan fingerprint density at radius 3 is 2.35 bits per heavy atom. The number of hydrogen-bond donors (Lipinski definition) is 4. The molecule has 10 heteroatoms. The van der Waals surface area contributed by atoms with Crippen LogP contribution in [0.15, 0.2) is 60.7 Å². The zero-order chi connectivity index (χ0) is 28.3. The van der Waals surface area contributed by atoms with E-state index in [0.29, 0.717) is 22.5 Å². The first-order valence-corrected chi connectivity index (χ1v) is 13.0. The molecule has 0 saturated carbocycles. The second kappa shape index (κ2) is 9.20. The highest BCUT2D eigenvalue weighted by Gasteiger charge is 2.70. The van der Waals surface area contributed by atoms with Crippen LogP contribution in [0.2, 0.25) is 0 Å². The van der Waals surface area contributed by atoms with E-state index in [9.17, 15) is 29.4 Å². The largest absolute Gasteiger partial charge is 0.504 e. The minimum atomic E-state index is -1.48. The van der Waals surface area contributed by atoms with Crippen LogP contribution in [0.5, 0.6) is 17.2 Å². The van der Waals surface area contributed by atoms with E-state index in [-0.39, 0.29) is 23.7 Å². The van der Waals surface area contributed by atoms with Crippen LogP contribution in [0.25, 0.3) is 0 Å². The van der Waals surface area contributed by atoms with E-state index >= 15 is 0 Å². The topological polar surface area (TPSA) is 145 Å². The molecular formula is C30H27N3O7. The van der Waals surface area contributed by atoms with Crippen LogP contribution in [0, 0.1) is 11.8 Å². The van der Waals surface area contributed by atoms with Gasteiger partial charge in [-0.25, -0.2) is 4.90 Å². The number of phenols is 2. The molecule has 0 aromatic heterocycles. The standard InChI is InChI=1S/C30H27N3O7/c1-3-16-4-10-21-20(12-16)30(29(39)31-21)26-25(22(32-30)13-17-5-11-23(35)24(36)14-17)27(37)33(28(26)38)18-6-8-19(9-7-18)40-15(2)34/h4-12,14,22,25-26,32,35-36H,3,13H2,1-2H3,(H,31,39). The van der Waals surface area contributed by atoms with Gasteiger partial charge in [0.15, 0.2) is 11.5 Å². The molecule has 6 rings (SSSR count). The summed E-state index contributed by atoms with van der Waals surface area (Å²) in [5.41, 5.74) is 1.63. The van der Waals surface area contributed by atoms with Gasteiger partial charge in [-0.3, -0.25) is 24.5 Å². The number of anilines is 2. The molecule has 40 heavy (non-hydrogen) atoms. The molecule has 4 unspecified atom stereocenters. The van der Waals surface area contributed by atoms with Gasteiger partial charge in [0.05, 0.1) is 17.5 Å². The Hall–Kier alpha value is -4.70. The van der Waals surface area contributed by atoms with Crippen molar-refractivity contribution in [2.75, 3.05) is 10.2 Å². The summed E-state index contributed by atoms with van der Waals surface area (Å²) in [4.78, 5) is 54.4. The fourth-order valence-electron chi connectivity index (χ4n) is 6.28. The van der Waals surface area contributed by atoms with Crippen molar-refractivity contribution in [3.05, 3.63) is 77.4 Å². The van der Waals surface area contributed by atoms with Crippen molar-refractivity contribution in [3.8, 4) is 17.2 Å². The van der Waals surface area contributed by atoms with E-state index < -0.39 is 47.1 Å². The molecule has 3 aromatic carbocycles. The molecule has 3 aliphatic heterocycles. The quantitative estimate of drug-likeness (QED) is 0.167. The predicted molar refractivity (Wildman–Crippen MR) is 144 cm³/mol. The van der Waals surface area contributed by atoms with Gasteiger partial charge < -0.3 is 20.3 Å². The number of fused-ring (bicyclic) bond motifs is 4. The van der Waals surface area contributed by atoms with Crippen LogP contribution in [0.1, 0.15) is 30.5 Å². The molecule has 2 saturated heterocycles. The van der Waals surface area contributed by atoms with Crippen LogP contribution in [0.3, 0.4) is 0 Å². The van der Waals surface area contributed by atoms with Crippen LogP contribution >= 0.6 is 0 Å². The molecule has 3 aliphatic rings. The number of imide groups is 1. The van der Waals surface area contributed by atoms with Gasteiger partial charge in [-0.05, 0) is 66.4 Å². The average molecular weight is 542 g/mol. The van der Waals surface area contributed by atoms with Gasteiger partial charge in [-0.15, -0.1) is 0 Å². The summed E-state index contributed by atoms with van der Waals surface area (Å²) >= 11 is 0. The fraction of sp³-hybridized carbons (Fsp3) is 0.267. The summed E-state index contributed by atoms with van der Waals surface area (Å²) in [6, 6.07) is 15.4. The highest BCUT2D eigenvalue weighted by atomic mass is 16.5. The van der Waals surface area contributed by atoms with Gasteiger partial charge in [0.2, 0.25) is 17.7 Å². The van der Waals surface area contributed by atoms with Crippen molar-refractivity contribution in [3.63, 3.8) is 0 Å². The Labute approximate surface area is 229 Å². The number of carbonyl (C=O) groups excluding carboxylic acids is 4. The van der Waals surface area contributed by atoms with Gasteiger partial charge in [-0.2, -0.15) is 0 Å². The summed E-state index contributed by atoms with van der Waals surface area (Å²) in [6.45, 7) is 3.27. The first-order chi connectivity index (χ1) is 19.1. The molecule has 4 N–H and O–H groups in total. The van der Waals surface area contributed by atoms with Crippen molar-refractivity contribution in [1.82, 2.24) is 5.32 Å². The van der Waals surface area contributed by atoms with Gasteiger partial charge >= 0.3 is 5.97 Å². The first-order valence-electron chi connectivity index (χ1n) is 13.0. The van der Waals surface area contributed by atoms with Crippen molar-refractivity contribution in [1.29, 1.82) is 0 Å². The number of phenolic OH excluding ortho intramolecular Hbond substituents is 2. The van der Waals surface area contributed by atoms with Gasteiger partial charge in [0, 0.05) is 24.2 Å². The number of nitrogens with one attached hydrogen (secondary N) is 2. The smallest absolute Gasteiger partial charge is 0.308 e. The normalized spacial score (nSPS) is 24.8. The van der Waals surface area contributed by atoms with Crippen LogP contribution < -0.4 is 20.3 Å². The lowest BCUT2D eigenvalue weighted by Gasteiger charge is -2.30. The van der Waals surface area contributed by atoms with E-state index in [1.54, 1.807) is 6.07 Å². The van der Waals surface area contributed by atoms with E-state index in [1.807, 2.05) is 25.1 Å². The predicted octanol–water partition coefficient (Wildman–Crippen LogP) is 2.75. The van der Waals surface area contributed by atoms with E-state index in [1.165, 1.54) is 43.3 Å². The molecule has 3 aromatic rings. The average Bonchev–Trinajstić information content (AvgIpc) is 3.50. The maximum absolute atomic E-state index is 14.2. The lowest BCUT2D eigenvalue weighted by Crippen LogP contribution is -2.53. The van der Waals surface area contributed by atoms with Gasteiger partial charge in [-0.1, -0.05) is 25.1 Å². The second-order valence-electron chi connectivity index (χ2n) is 10.4. The summed E-state index contributed by atoms with van der Waals surface area (Å²) in [7, 11) is 0. The van der Waals surface area contributed by atoms with E-state index in [2.05, 4.69) is 10.6 Å². The Bertz CT molecular complexity index is 1580. The number of nitrogens with zero attached hydrogens (tertiary/aromatic N) is 1. The zero-order valence-electron chi connectivity index (χ0n) is 21.8.